The van der Waals surface area contributed by atoms with Gasteiger partial charge in [0.2, 0.25) is 5.91 Å². The molecule has 0 radical (unpaired) electrons. The van der Waals surface area contributed by atoms with E-state index in [0.717, 1.165) is 11.6 Å². The van der Waals surface area contributed by atoms with Gasteiger partial charge in [-0.05, 0) is 24.1 Å². The number of carbonyl (C=O) groups excluding carboxylic acids is 2. The number of aliphatic carboxylic acids is 1. The van der Waals surface area contributed by atoms with E-state index in [1.54, 1.807) is 0 Å². The number of fused-ring (bicyclic) bond motifs is 1. The molecular weight excluding hydrogens is 319 g/mol. The van der Waals surface area contributed by atoms with Crippen molar-refractivity contribution in [2.75, 3.05) is 25.0 Å². The Bertz CT molecular complexity index is 706. The van der Waals surface area contributed by atoms with Crippen LogP contribution in [0.15, 0.2) is 12.1 Å². The van der Waals surface area contributed by atoms with Gasteiger partial charge in [-0.25, -0.2) is 4.39 Å². The SMILES string of the molecule is O=C(O)CC1CN(C(=O)c2cc3c(cc2F)NC(=O)CC3)CCO1. The van der Waals surface area contributed by atoms with E-state index in [2.05, 4.69) is 5.32 Å². The summed E-state index contributed by atoms with van der Waals surface area (Å²) >= 11 is 0. The summed E-state index contributed by atoms with van der Waals surface area (Å²) in [4.78, 5) is 36.1. The molecule has 128 valence electrons. The minimum atomic E-state index is -1.01. The number of carboxylic acid groups (broad SMARTS) is 1. The van der Waals surface area contributed by atoms with Crippen molar-refractivity contribution >= 4 is 23.5 Å². The summed E-state index contributed by atoms with van der Waals surface area (Å²) in [6.07, 6.45) is -0.0559. The van der Waals surface area contributed by atoms with Crippen molar-refractivity contribution in [3.05, 3.63) is 29.1 Å². The van der Waals surface area contributed by atoms with Crippen LogP contribution in [-0.2, 0) is 20.7 Å². The number of ether oxygens (including phenoxy) is 1. The quantitative estimate of drug-likeness (QED) is 0.859. The van der Waals surface area contributed by atoms with Gasteiger partial charge in [-0.1, -0.05) is 0 Å². The minimum Gasteiger partial charge on any atom is -0.481 e. The standard InChI is InChI=1S/C16H17FN2O5/c17-12-7-13-9(1-2-14(20)18-13)5-11(12)16(23)19-3-4-24-10(8-19)6-15(21)22/h5,7,10H,1-4,6,8H2,(H,18,20)(H,21,22). The van der Waals surface area contributed by atoms with Crippen LogP contribution in [0.4, 0.5) is 10.1 Å². The number of carbonyl (C=O) groups is 3. The minimum absolute atomic E-state index is 0.0686. The predicted octanol–water partition coefficient (Wildman–Crippen LogP) is 1.03. The van der Waals surface area contributed by atoms with Gasteiger partial charge in [0.1, 0.15) is 5.82 Å². The average Bonchev–Trinajstić information content (AvgIpc) is 2.53. The summed E-state index contributed by atoms with van der Waals surface area (Å²) in [5, 5.41) is 11.4. The number of halogens is 1. The summed E-state index contributed by atoms with van der Waals surface area (Å²) < 4.78 is 19.6. The number of benzene rings is 1. The monoisotopic (exact) mass is 336 g/mol. The Hall–Kier alpha value is -2.48. The van der Waals surface area contributed by atoms with Crippen LogP contribution in [0.1, 0.15) is 28.8 Å². The third-order valence-electron chi connectivity index (χ3n) is 4.15. The fourth-order valence-corrected chi connectivity index (χ4v) is 2.96. The molecule has 0 spiro atoms. The zero-order valence-corrected chi connectivity index (χ0v) is 12.9. The van der Waals surface area contributed by atoms with Gasteiger partial charge in [-0.15, -0.1) is 0 Å². The van der Waals surface area contributed by atoms with Gasteiger partial charge < -0.3 is 20.1 Å². The Labute approximate surface area is 137 Å². The molecule has 1 aromatic rings. The van der Waals surface area contributed by atoms with Crippen LogP contribution in [0, 0.1) is 5.82 Å². The molecule has 0 aliphatic carbocycles. The van der Waals surface area contributed by atoms with Crippen molar-refractivity contribution in [1.29, 1.82) is 0 Å². The summed E-state index contributed by atoms with van der Waals surface area (Å²) in [6, 6.07) is 2.63. The molecule has 2 amide bonds. The second-order valence-corrected chi connectivity index (χ2v) is 5.88. The molecule has 1 saturated heterocycles. The van der Waals surface area contributed by atoms with Crippen LogP contribution in [0.25, 0.3) is 0 Å². The topological polar surface area (TPSA) is 95.9 Å². The number of amides is 2. The molecule has 1 unspecified atom stereocenters. The lowest BCUT2D eigenvalue weighted by atomic mass is 9.99. The Kier molecular flexibility index (Phi) is 4.48. The highest BCUT2D eigenvalue weighted by molar-refractivity contribution is 5.98. The fourth-order valence-electron chi connectivity index (χ4n) is 2.96. The third kappa shape index (κ3) is 3.38. The number of hydrogen-bond donors (Lipinski definition) is 2. The van der Waals surface area contributed by atoms with Crippen LogP contribution < -0.4 is 5.32 Å². The van der Waals surface area contributed by atoms with Crippen molar-refractivity contribution in [3.63, 3.8) is 0 Å². The van der Waals surface area contributed by atoms with Crippen LogP contribution in [0.3, 0.4) is 0 Å². The van der Waals surface area contributed by atoms with Gasteiger partial charge in [0.25, 0.3) is 5.91 Å². The molecule has 1 atom stereocenters. The molecule has 2 N–H and O–H groups in total. The lowest BCUT2D eigenvalue weighted by Crippen LogP contribution is -2.46. The number of carboxylic acids is 1. The van der Waals surface area contributed by atoms with Gasteiger partial charge in [-0.2, -0.15) is 0 Å². The van der Waals surface area contributed by atoms with E-state index in [0.29, 0.717) is 18.5 Å². The molecular formula is C16H17FN2O5. The van der Waals surface area contributed by atoms with Gasteiger partial charge >= 0.3 is 5.97 Å². The number of nitrogens with one attached hydrogen (secondary N) is 1. The highest BCUT2D eigenvalue weighted by atomic mass is 19.1. The van der Waals surface area contributed by atoms with Crippen molar-refractivity contribution < 1.29 is 28.6 Å². The van der Waals surface area contributed by atoms with E-state index in [-0.39, 0.29) is 37.6 Å². The summed E-state index contributed by atoms with van der Waals surface area (Å²) in [5.41, 5.74) is 1.04. The Morgan fingerprint density at radius 1 is 1.38 bits per heavy atom. The maximum Gasteiger partial charge on any atom is 0.306 e. The molecule has 7 nitrogen and oxygen atoms in total. The molecule has 1 aromatic carbocycles. The maximum absolute atomic E-state index is 14.3. The molecule has 2 aliphatic rings. The molecule has 0 aromatic heterocycles. The summed E-state index contributed by atoms with van der Waals surface area (Å²) in [6.45, 7) is 0.604. The number of nitrogens with zero attached hydrogens (tertiary/aromatic N) is 1. The fraction of sp³-hybridized carbons (Fsp3) is 0.438. The first-order chi connectivity index (χ1) is 11.4. The Morgan fingerprint density at radius 2 is 2.17 bits per heavy atom. The Morgan fingerprint density at radius 3 is 2.92 bits per heavy atom. The molecule has 24 heavy (non-hydrogen) atoms. The highest BCUT2D eigenvalue weighted by Gasteiger charge is 2.29. The molecule has 1 fully saturated rings. The normalized spacial score (nSPS) is 20.3. The first-order valence-electron chi connectivity index (χ1n) is 7.69. The second-order valence-electron chi connectivity index (χ2n) is 5.88. The van der Waals surface area contributed by atoms with Gasteiger partial charge in [0.05, 0.1) is 24.7 Å². The second kappa shape index (κ2) is 6.56. The number of morpholine rings is 1. The number of anilines is 1. The number of hydrogen-bond acceptors (Lipinski definition) is 4. The van der Waals surface area contributed by atoms with Crippen LogP contribution in [0.2, 0.25) is 0 Å². The van der Waals surface area contributed by atoms with E-state index >= 15 is 0 Å². The highest BCUT2D eigenvalue weighted by Crippen LogP contribution is 2.27. The molecule has 2 heterocycles. The summed E-state index contributed by atoms with van der Waals surface area (Å²) in [7, 11) is 0. The molecule has 8 heteroatoms. The van der Waals surface area contributed by atoms with Gasteiger partial charge in [0.15, 0.2) is 0 Å². The largest absolute Gasteiger partial charge is 0.481 e. The van der Waals surface area contributed by atoms with Crippen LogP contribution in [-0.4, -0.2) is 53.6 Å². The maximum atomic E-state index is 14.3. The van der Waals surface area contributed by atoms with Gasteiger partial charge in [0, 0.05) is 25.2 Å². The molecule has 3 rings (SSSR count). The van der Waals surface area contributed by atoms with Gasteiger partial charge in [-0.3, -0.25) is 14.4 Å². The Balaban J connectivity index is 1.79. The zero-order valence-electron chi connectivity index (χ0n) is 12.9. The summed E-state index contributed by atoms with van der Waals surface area (Å²) in [5.74, 6) is -2.39. The van der Waals surface area contributed by atoms with E-state index in [4.69, 9.17) is 9.84 Å². The van der Waals surface area contributed by atoms with Crippen molar-refractivity contribution in [1.82, 2.24) is 4.90 Å². The third-order valence-corrected chi connectivity index (χ3v) is 4.15. The van der Waals surface area contributed by atoms with Crippen molar-refractivity contribution in [2.45, 2.75) is 25.4 Å². The molecule has 0 bridgehead atoms. The molecule has 0 saturated carbocycles. The van der Waals surface area contributed by atoms with E-state index < -0.39 is 23.8 Å². The predicted molar refractivity (Wildman–Crippen MR) is 81.2 cm³/mol. The first kappa shape index (κ1) is 16.4. The van der Waals surface area contributed by atoms with Crippen LogP contribution in [0.5, 0.6) is 0 Å². The lowest BCUT2D eigenvalue weighted by molar-refractivity contribution is -0.141. The number of rotatable bonds is 3. The van der Waals surface area contributed by atoms with Crippen molar-refractivity contribution in [2.24, 2.45) is 0 Å². The van der Waals surface area contributed by atoms with Crippen molar-refractivity contribution in [3.8, 4) is 0 Å². The number of aryl methyl sites for hydroxylation is 1. The van der Waals surface area contributed by atoms with E-state index in [1.165, 1.54) is 11.0 Å². The zero-order chi connectivity index (χ0) is 17.3. The van der Waals surface area contributed by atoms with E-state index in [9.17, 15) is 18.8 Å². The first-order valence-corrected chi connectivity index (χ1v) is 7.69. The smallest absolute Gasteiger partial charge is 0.306 e. The average molecular weight is 336 g/mol. The molecule has 2 aliphatic heterocycles. The van der Waals surface area contributed by atoms with E-state index in [1.807, 2.05) is 0 Å². The van der Waals surface area contributed by atoms with Crippen LogP contribution >= 0.6 is 0 Å². The lowest BCUT2D eigenvalue weighted by Gasteiger charge is -2.32.